The standard InChI is InChI=1S/C21H26N4O4S/c1-22(2)13-14-23(15-17-9-5-4-6-10-17)20(26)16-24-18-11-7-8-12-19(18)25(21(24)27)30(3,28)29/h4-12H,13-16H2,1-3H3. The maximum atomic E-state index is 13.2. The first kappa shape index (κ1) is 21.8. The molecule has 9 heteroatoms. The Kier molecular flexibility index (Phi) is 6.42. The lowest BCUT2D eigenvalue weighted by Gasteiger charge is -2.25. The summed E-state index contributed by atoms with van der Waals surface area (Å²) < 4.78 is 26.3. The van der Waals surface area contributed by atoms with Gasteiger partial charge in [-0.3, -0.25) is 9.36 Å². The zero-order valence-corrected chi connectivity index (χ0v) is 18.2. The number of carbonyl (C=O) groups excluding carboxylic acids is 1. The minimum absolute atomic E-state index is 0.234. The second-order valence-corrected chi connectivity index (χ2v) is 9.32. The topological polar surface area (TPSA) is 84.6 Å². The van der Waals surface area contributed by atoms with E-state index in [9.17, 15) is 18.0 Å². The molecule has 0 aliphatic heterocycles. The summed E-state index contributed by atoms with van der Waals surface area (Å²) in [7, 11) is 0.0384. The third-order valence-corrected chi connectivity index (χ3v) is 5.82. The molecule has 3 aromatic rings. The summed E-state index contributed by atoms with van der Waals surface area (Å²) in [5, 5.41) is 0. The van der Waals surface area contributed by atoms with Gasteiger partial charge in [0.15, 0.2) is 0 Å². The van der Waals surface area contributed by atoms with Crippen LogP contribution in [0.2, 0.25) is 0 Å². The lowest BCUT2D eigenvalue weighted by molar-refractivity contribution is -0.132. The highest BCUT2D eigenvalue weighted by atomic mass is 32.2. The van der Waals surface area contributed by atoms with Gasteiger partial charge in [-0.1, -0.05) is 42.5 Å². The highest BCUT2D eigenvalue weighted by Crippen LogP contribution is 2.15. The zero-order valence-electron chi connectivity index (χ0n) is 17.4. The number of hydrogen-bond acceptors (Lipinski definition) is 5. The molecular weight excluding hydrogens is 404 g/mol. The number of aromatic nitrogens is 2. The summed E-state index contributed by atoms with van der Waals surface area (Å²) in [5.41, 5.74) is 0.920. The van der Waals surface area contributed by atoms with Crippen molar-refractivity contribution < 1.29 is 13.2 Å². The van der Waals surface area contributed by atoms with Gasteiger partial charge in [0.1, 0.15) is 6.54 Å². The molecule has 2 aromatic carbocycles. The van der Waals surface area contributed by atoms with Crippen molar-refractivity contribution in [2.75, 3.05) is 33.4 Å². The van der Waals surface area contributed by atoms with E-state index in [1.54, 1.807) is 29.2 Å². The molecule has 0 spiro atoms. The van der Waals surface area contributed by atoms with Crippen LogP contribution in [0, 0.1) is 0 Å². The fourth-order valence-corrected chi connectivity index (χ4v) is 4.20. The Morgan fingerprint density at radius 2 is 1.53 bits per heavy atom. The lowest BCUT2D eigenvalue weighted by atomic mass is 10.2. The summed E-state index contributed by atoms with van der Waals surface area (Å²) in [6.07, 6.45) is 0.978. The normalized spacial score (nSPS) is 11.9. The van der Waals surface area contributed by atoms with E-state index in [0.717, 1.165) is 15.8 Å². The van der Waals surface area contributed by atoms with Crippen molar-refractivity contribution >= 4 is 27.0 Å². The van der Waals surface area contributed by atoms with Gasteiger partial charge in [-0.25, -0.2) is 13.2 Å². The maximum absolute atomic E-state index is 13.2. The van der Waals surface area contributed by atoms with Crippen LogP contribution in [0.1, 0.15) is 5.56 Å². The van der Waals surface area contributed by atoms with Crippen molar-refractivity contribution in [3.63, 3.8) is 0 Å². The number of likely N-dealkylation sites (N-methyl/N-ethyl adjacent to an activating group) is 1. The number of nitrogens with zero attached hydrogens (tertiary/aromatic N) is 4. The predicted molar refractivity (Wildman–Crippen MR) is 117 cm³/mol. The van der Waals surface area contributed by atoms with Gasteiger partial charge in [0.25, 0.3) is 0 Å². The number of imidazole rings is 1. The van der Waals surface area contributed by atoms with Crippen molar-refractivity contribution in [1.29, 1.82) is 0 Å². The van der Waals surface area contributed by atoms with E-state index in [4.69, 9.17) is 0 Å². The zero-order chi connectivity index (χ0) is 21.9. The van der Waals surface area contributed by atoms with Crippen molar-refractivity contribution in [3.05, 3.63) is 70.6 Å². The minimum atomic E-state index is -3.81. The molecule has 0 radical (unpaired) electrons. The van der Waals surface area contributed by atoms with Crippen LogP contribution >= 0.6 is 0 Å². The van der Waals surface area contributed by atoms with E-state index in [0.29, 0.717) is 25.2 Å². The number of hydrogen-bond donors (Lipinski definition) is 0. The van der Waals surface area contributed by atoms with Crippen LogP contribution in [-0.2, 0) is 27.9 Å². The Morgan fingerprint density at radius 1 is 0.933 bits per heavy atom. The van der Waals surface area contributed by atoms with Gasteiger partial charge in [-0.15, -0.1) is 0 Å². The lowest BCUT2D eigenvalue weighted by Crippen LogP contribution is -2.40. The van der Waals surface area contributed by atoms with Gasteiger partial charge >= 0.3 is 5.69 Å². The van der Waals surface area contributed by atoms with Crippen LogP contribution in [0.25, 0.3) is 11.0 Å². The van der Waals surface area contributed by atoms with E-state index < -0.39 is 15.7 Å². The summed E-state index contributed by atoms with van der Waals surface area (Å²) in [6, 6.07) is 16.2. The van der Waals surface area contributed by atoms with Crippen LogP contribution in [0.3, 0.4) is 0 Å². The number of para-hydroxylation sites is 2. The summed E-state index contributed by atoms with van der Waals surface area (Å²) in [4.78, 5) is 29.7. The molecule has 0 aliphatic rings. The molecule has 0 N–H and O–H groups in total. The Hall–Kier alpha value is -2.91. The third kappa shape index (κ3) is 4.80. The Morgan fingerprint density at radius 3 is 2.13 bits per heavy atom. The number of amides is 1. The van der Waals surface area contributed by atoms with E-state index in [-0.39, 0.29) is 18.0 Å². The monoisotopic (exact) mass is 430 g/mol. The van der Waals surface area contributed by atoms with Crippen LogP contribution < -0.4 is 5.69 Å². The molecule has 0 aliphatic carbocycles. The number of benzene rings is 2. The number of carbonyl (C=O) groups is 1. The van der Waals surface area contributed by atoms with Crippen LogP contribution in [0.4, 0.5) is 0 Å². The fraction of sp³-hybridized carbons (Fsp3) is 0.333. The van der Waals surface area contributed by atoms with Gasteiger partial charge in [0.2, 0.25) is 15.9 Å². The van der Waals surface area contributed by atoms with Gasteiger partial charge < -0.3 is 9.80 Å². The molecule has 0 saturated heterocycles. The maximum Gasteiger partial charge on any atom is 0.343 e. The average molecular weight is 431 g/mol. The minimum Gasteiger partial charge on any atom is -0.336 e. The van der Waals surface area contributed by atoms with Crippen molar-refractivity contribution in [2.24, 2.45) is 0 Å². The number of rotatable bonds is 8. The molecule has 160 valence electrons. The van der Waals surface area contributed by atoms with E-state index in [1.807, 2.05) is 49.3 Å². The van der Waals surface area contributed by atoms with Crippen molar-refractivity contribution in [1.82, 2.24) is 18.3 Å². The van der Waals surface area contributed by atoms with Crippen LogP contribution in [0.5, 0.6) is 0 Å². The summed E-state index contributed by atoms with van der Waals surface area (Å²) in [5.74, 6) is -0.251. The van der Waals surface area contributed by atoms with E-state index in [2.05, 4.69) is 0 Å². The van der Waals surface area contributed by atoms with Crippen LogP contribution in [-0.4, -0.2) is 66.1 Å². The summed E-state index contributed by atoms with van der Waals surface area (Å²) in [6.45, 7) is 1.33. The first-order valence-electron chi connectivity index (χ1n) is 9.55. The summed E-state index contributed by atoms with van der Waals surface area (Å²) >= 11 is 0. The second kappa shape index (κ2) is 8.85. The fourth-order valence-electron chi connectivity index (χ4n) is 3.30. The molecule has 0 atom stereocenters. The second-order valence-electron chi connectivity index (χ2n) is 7.49. The van der Waals surface area contributed by atoms with Crippen molar-refractivity contribution in [2.45, 2.75) is 13.1 Å². The molecule has 8 nitrogen and oxygen atoms in total. The first-order chi connectivity index (χ1) is 14.2. The molecule has 3 rings (SSSR count). The van der Waals surface area contributed by atoms with Crippen LogP contribution in [0.15, 0.2) is 59.4 Å². The van der Waals surface area contributed by atoms with E-state index in [1.165, 1.54) is 4.57 Å². The molecule has 1 amide bonds. The molecule has 0 fully saturated rings. The van der Waals surface area contributed by atoms with Gasteiger partial charge in [0, 0.05) is 19.6 Å². The quantitative estimate of drug-likeness (QED) is 0.536. The molecule has 0 bridgehead atoms. The van der Waals surface area contributed by atoms with Crippen molar-refractivity contribution in [3.8, 4) is 0 Å². The largest absolute Gasteiger partial charge is 0.343 e. The average Bonchev–Trinajstić information content (AvgIpc) is 2.97. The predicted octanol–water partition coefficient (Wildman–Crippen LogP) is 1.20. The molecule has 30 heavy (non-hydrogen) atoms. The molecular formula is C21H26N4O4S. The van der Waals surface area contributed by atoms with Gasteiger partial charge in [-0.05, 0) is 31.8 Å². The highest BCUT2D eigenvalue weighted by Gasteiger charge is 2.23. The number of fused-ring (bicyclic) bond motifs is 1. The molecule has 1 heterocycles. The molecule has 1 aromatic heterocycles. The smallest absolute Gasteiger partial charge is 0.336 e. The molecule has 0 saturated carbocycles. The Balaban J connectivity index is 1.96. The third-order valence-electron chi connectivity index (χ3n) is 4.81. The first-order valence-corrected chi connectivity index (χ1v) is 11.4. The highest BCUT2D eigenvalue weighted by molar-refractivity contribution is 7.89. The molecule has 0 unspecified atom stereocenters. The van der Waals surface area contributed by atoms with Gasteiger partial charge in [0.05, 0.1) is 17.3 Å². The SMILES string of the molecule is CN(C)CCN(Cc1ccccc1)C(=O)Cn1c(=O)n(S(C)(=O)=O)c2ccccc21. The van der Waals surface area contributed by atoms with E-state index >= 15 is 0 Å². The Bertz CT molecular complexity index is 1200. The Labute approximate surface area is 176 Å². The van der Waals surface area contributed by atoms with Gasteiger partial charge in [-0.2, -0.15) is 3.97 Å².